The zero-order valence-corrected chi connectivity index (χ0v) is 10.2. The van der Waals surface area contributed by atoms with E-state index in [4.69, 9.17) is 25.6 Å². The lowest BCUT2D eigenvalue weighted by molar-refractivity contribution is -0.106. The van der Waals surface area contributed by atoms with Gasteiger partial charge in [0.25, 0.3) is 6.64 Å². The highest BCUT2D eigenvalue weighted by molar-refractivity contribution is 8.08. The molecule has 0 radical (unpaired) electrons. The fraction of sp³-hybridized carbons (Fsp3) is 1.00. The summed E-state index contributed by atoms with van der Waals surface area (Å²) in [6, 6.07) is 0. The third-order valence-corrected chi connectivity index (χ3v) is 6.09. The largest absolute Gasteiger partial charge is 0.373 e. The first-order valence-corrected chi connectivity index (χ1v) is 7.43. The Morgan fingerprint density at radius 2 is 2.14 bits per heavy atom. The third kappa shape index (κ3) is 2.03. The van der Waals surface area contributed by atoms with Gasteiger partial charge in [0.1, 0.15) is 6.10 Å². The van der Waals surface area contributed by atoms with Crippen molar-refractivity contribution in [2.75, 3.05) is 27.3 Å². The lowest BCUT2D eigenvalue weighted by Crippen LogP contribution is -2.43. The second kappa shape index (κ2) is 4.16. The number of fused-ring (bicyclic) bond motifs is 1. The number of nitrogens with zero attached hydrogens (tertiary/aromatic N) is 1. The fourth-order valence-corrected chi connectivity index (χ4v) is 3.58. The van der Waals surface area contributed by atoms with Gasteiger partial charge in [-0.15, -0.1) is 0 Å². The van der Waals surface area contributed by atoms with Crippen molar-refractivity contribution in [3.63, 3.8) is 0 Å². The second-order valence-corrected chi connectivity index (χ2v) is 7.40. The van der Waals surface area contributed by atoms with Gasteiger partial charge in [-0.1, -0.05) is 0 Å². The van der Waals surface area contributed by atoms with Crippen molar-refractivity contribution in [3.8, 4) is 0 Å². The Morgan fingerprint density at radius 3 is 2.86 bits per heavy atom. The molecular formula is C8H16NO3PS. The molecule has 4 nitrogen and oxygen atoms in total. The van der Waals surface area contributed by atoms with Gasteiger partial charge in [-0.25, -0.2) is 4.67 Å². The second-order valence-electron chi connectivity index (χ2n) is 3.81. The zero-order valence-electron chi connectivity index (χ0n) is 8.51. The van der Waals surface area contributed by atoms with Crippen LogP contribution in [0.4, 0.5) is 0 Å². The molecule has 0 aliphatic carbocycles. The molecular weight excluding hydrogens is 221 g/mol. The van der Waals surface area contributed by atoms with Crippen LogP contribution in [-0.4, -0.2) is 44.2 Å². The number of hydrogen-bond donors (Lipinski definition) is 0. The number of rotatable bonds is 1. The summed E-state index contributed by atoms with van der Waals surface area (Å²) in [6.45, 7) is -0.786. The minimum Gasteiger partial charge on any atom is -0.373 e. The van der Waals surface area contributed by atoms with E-state index in [0.717, 1.165) is 19.4 Å². The molecule has 0 bridgehead atoms. The SMILES string of the molecule is CN(C)P1(=S)OCC2OCCCC2O1. The Morgan fingerprint density at radius 1 is 1.36 bits per heavy atom. The van der Waals surface area contributed by atoms with Crippen molar-refractivity contribution in [3.05, 3.63) is 0 Å². The summed E-state index contributed by atoms with van der Waals surface area (Å²) in [6.07, 6.45) is 2.34. The highest BCUT2D eigenvalue weighted by Gasteiger charge is 2.39. The van der Waals surface area contributed by atoms with E-state index < -0.39 is 6.64 Å². The van der Waals surface area contributed by atoms with Crippen molar-refractivity contribution < 1.29 is 13.8 Å². The van der Waals surface area contributed by atoms with Gasteiger partial charge in [0, 0.05) is 6.61 Å². The molecule has 6 heteroatoms. The van der Waals surface area contributed by atoms with E-state index in [1.54, 1.807) is 0 Å². The van der Waals surface area contributed by atoms with Crippen LogP contribution >= 0.6 is 6.64 Å². The molecule has 0 aromatic rings. The van der Waals surface area contributed by atoms with E-state index in [2.05, 4.69) is 0 Å². The van der Waals surface area contributed by atoms with Gasteiger partial charge < -0.3 is 13.8 Å². The average molecular weight is 237 g/mol. The van der Waals surface area contributed by atoms with Gasteiger partial charge in [0.05, 0.1) is 12.7 Å². The molecule has 2 aliphatic rings. The van der Waals surface area contributed by atoms with Crippen molar-refractivity contribution >= 4 is 18.4 Å². The minimum absolute atomic E-state index is 0.0970. The van der Waals surface area contributed by atoms with Crippen LogP contribution in [0.2, 0.25) is 0 Å². The van der Waals surface area contributed by atoms with Crippen LogP contribution in [0.15, 0.2) is 0 Å². The molecule has 0 saturated carbocycles. The summed E-state index contributed by atoms with van der Waals surface area (Å²) in [4.78, 5) is 0. The number of ether oxygens (including phenoxy) is 1. The fourth-order valence-electron chi connectivity index (χ4n) is 1.67. The predicted octanol–water partition coefficient (Wildman–Crippen LogP) is 1.37. The van der Waals surface area contributed by atoms with Crippen molar-refractivity contribution in [1.82, 2.24) is 4.67 Å². The maximum atomic E-state index is 5.84. The molecule has 0 amide bonds. The molecule has 0 spiro atoms. The van der Waals surface area contributed by atoms with E-state index >= 15 is 0 Å². The van der Waals surface area contributed by atoms with Crippen LogP contribution in [0.1, 0.15) is 12.8 Å². The lowest BCUT2D eigenvalue weighted by Gasteiger charge is -2.42. The highest BCUT2D eigenvalue weighted by atomic mass is 32.5. The van der Waals surface area contributed by atoms with Crippen LogP contribution in [0.5, 0.6) is 0 Å². The van der Waals surface area contributed by atoms with E-state index in [9.17, 15) is 0 Å². The lowest BCUT2D eigenvalue weighted by atomic mass is 10.1. The third-order valence-electron chi connectivity index (χ3n) is 2.54. The molecule has 3 unspecified atom stereocenters. The highest BCUT2D eigenvalue weighted by Crippen LogP contribution is 2.55. The summed E-state index contributed by atoms with van der Waals surface area (Å²) in [5.41, 5.74) is 0. The van der Waals surface area contributed by atoms with Crippen LogP contribution in [0, 0.1) is 0 Å². The first-order valence-electron chi connectivity index (χ1n) is 4.84. The van der Waals surface area contributed by atoms with Crippen molar-refractivity contribution in [2.24, 2.45) is 0 Å². The van der Waals surface area contributed by atoms with E-state index in [1.165, 1.54) is 0 Å². The molecule has 0 N–H and O–H groups in total. The molecule has 2 heterocycles. The Bertz CT molecular complexity index is 261. The molecule has 14 heavy (non-hydrogen) atoms. The van der Waals surface area contributed by atoms with E-state index in [1.807, 2.05) is 18.8 Å². The maximum absolute atomic E-state index is 5.84. The van der Waals surface area contributed by atoms with Crippen LogP contribution in [-0.2, 0) is 25.6 Å². The molecule has 0 aromatic heterocycles. The van der Waals surface area contributed by atoms with E-state index in [0.29, 0.717) is 6.61 Å². The minimum atomic E-state index is -2.19. The van der Waals surface area contributed by atoms with Gasteiger partial charge in [-0.3, -0.25) is 0 Å². The quantitative estimate of drug-likeness (QED) is 0.643. The summed E-state index contributed by atoms with van der Waals surface area (Å²) < 4.78 is 18.9. The monoisotopic (exact) mass is 237 g/mol. The van der Waals surface area contributed by atoms with Crippen molar-refractivity contribution in [2.45, 2.75) is 25.0 Å². The first kappa shape index (κ1) is 11.0. The normalized spacial score (nSPS) is 43.6. The first-order chi connectivity index (χ1) is 6.62. The summed E-state index contributed by atoms with van der Waals surface area (Å²) in [5, 5.41) is 0. The average Bonchev–Trinajstić information content (AvgIpc) is 2.17. The van der Waals surface area contributed by atoms with E-state index in [-0.39, 0.29) is 12.2 Å². The van der Waals surface area contributed by atoms with Gasteiger partial charge in [-0.2, -0.15) is 0 Å². The van der Waals surface area contributed by atoms with Crippen LogP contribution in [0.3, 0.4) is 0 Å². The predicted molar refractivity (Wildman–Crippen MR) is 57.8 cm³/mol. The summed E-state index contributed by atoms with van der Waals surface area (Å²) >= 11 is 5.38. The summed E-state index contributed by atoms with van der Waals surface area (Å²) in [7, 11) is 3.82. The molecule has 0 aromatic carbocycles. The molecule has 3 atom stereocenters. The Balaban J connectivity index is 2.05. The van der Waals surface area contributed by atoms with Crippen molar-refractivity contribution in [1.29, 1.82) is 0 Å². The summed E-state index contributed by atoms with van der Waals surface area (Å²) in [5.74, 6) is 0. The zero-order chi connectivity index (χ0) is 10.2. The maximum Gasteiger partial charge on any atom is 0.263 e. The molecule has 2 aliphatic heterocycles. The molecule has 2 fully saturated rings. The van der Waals surface area contributed by atoms with Gasteiger partial charge in [0.2, 0.25) is 0 Å². The topological polar surface area (TPSA) is 30.9 Å². The molecule has 82 valence electrons. The number of hydrogen-bond acceptors (Lipinski definition) is 4. The smallest absolute Gasteiger partial charge is 0.263 e. The Labute approximate surface area is 89.7 Å². The molecule has 2 saturated heterocycles. The van der Waals surface area contributed by atoms with Crippen LogP contribution < -0.4 is 0 Å². The Kier molecular flexibility index (Phi) is 3.27. The Hall–Kier alpha value is 0.490. The van der Waals surface area contributed by atoms with Gasteiger partial charge in [0.15, 0.2) is 0 Å². The van der Waals surface area contributed by atoms with Crippen LogP contribution in [0.25, 0.3) is 0 Å². The molecule has 2 rings (SSSR count). The standard InChI is InChI=1S/C8H16NO3PS/c1-9(2)13(14)11-6-8-7(12-13)4-3-5-10-8/h7-8H,3-6H2,1-2H3. The van der Waals surface area contributed by atoms with Gasteiger partial charge in [-0.05, 0) is 38.7 Å². The van der Waals surface area contributed by atoms with Gasteiger partial charge >= 0.3 is 0 Å².